The Balaban J connectivity index is 2.78. The van der Waals surface area contributed by atoms with Crippen molar-refractivity contribution in [3.63, 3.8) is 0 Å². The van der Waals surface area contributed by atoms with Crippen LogP contribution in [0.1, 0.15) is 40.0 Å². The summed E-state index contributed by atoms with van der Waals surface area (Å²) in [5.41, 5.74) is 0. The normalized spacial score (nSPS) is 22.6. The van der Waals surface area contributed by atoms with Crippen molar-refractivity contribution < 1.29 is 27.8 Å². The highest BCUT2D eigenvalue weighted by atomic mass is 79.9. The van der Waals surface area contributed by atoms with Gasteiger partial charge in [0.2, 0.25) is 0 Å². The van der Waals surface area contributed by atoms with Crippen LogP contribution in [0.2, 0.25) is 0 Å². The molecule has 4 nitrogen and oxygen atoms in total. The lowest BCUT2D eigenvalue weighted by atomic mass is 9.90. The van der Waals surface area contributed by atoms with E-state index in [0.717, 1.165) is 0 Å². The molecule has 1 aliphatic rings. The van der Waals surface area contributed by atoms with Crippen LogP contribution in [-0.2, 0) is 19.1 Å². The van der Waals surface area contributed by atoms with Crippen molar-refractivity contribution >= 4 is 27.9 Å². The van der Waals surface area contributed by atoms with Crippen LogP contribution in [0.5, 0.6) is 0 Å². The van der Waals surface area contributed by atoms with Gasteiger partial charge in [0.05, 0.1) is 0 Å². The predicted molar refractivity (Wildman–Crippen MR) is 71.5 cm³/mol. The molecule has 3 atom stereocenters. The fraction of sp³-hybridized carbons (Fsp3) is 0.846. The van der Waals surface area contributed by atoms with Crippen molar-refractivity contribution in [1.82, 2.24) is 0 Å². The molecule has 116 valence electrons. The zero-order chi connectivity index (χ0) is 15.5. The van der Waals surface area contributed by atoms with Crippen LogP contribution < -0.4 is 0 Å². The average molecular weight is 357 g/mol. The molecule has 0 aromatic heterocycles. The summed E-state index contributed by atoms with van der Waals surface area (Å²) in [6.45, 7) is 5.76. The van der Waals surface area contributed by atoms with Crippen LogP contribution in [0, 0.1) is 11.8 Å². The van der Waals surface area contributed by atoms with E-state index in [4.69, 9.17) is 9.47 Å². The van der Waals surface area contributed by atoms with Crippen molar-refractivity contribution in [3.8, 4) is 0 Å². The highest BCUT2D eigenvalue weighted by Crippen LogP contribution is 2.31. The van der Waals surface area contributed by atoms with Gasteiger partial charge >= 0.3 is 16.8 Å². The van der Waals surface area contributed by atoms with E-state index in [1.54, 1.807) is 6.92 Å². The Kier molecular flexibility index (Phi) is 5.91. The van der Waals surface area contributed by atoms with Gasteiger partial charge in [-0.05, 0) is 24.7 Å². The molecule has 0 N–H and O–H groups in total. The predicted octanol–water partition coefficient (Wildman–Crippen LogP) is 3.27. The molecule has 1 rings (SSSR count). The molecule has 20 heavy (non-hydrogen) atoms. The Morgan fingerprint density at radius 3 is 2.50 bits per heavy atom. The molecule has 3 unspecified atom stereocenters. The molecule has 0 saturated carbocycles. The van der Waals surface area contributed by atoms with Crippen LogP contribution >= 0.6 is 15.9 Å². The fourth-order valence-corrected chi connectivity index (χ4v) is 2.50. The smallest absolute Gasteiger partial charge is 0.396 e. The van der Waals surface area contributed by atoms with E-state index >= 15 is 0 Å². The summed E-state index contributed by atoms with van der Waals surface area (Å²) < 4.78 is 35.8. The first-order valence-electron chi connectivity index (χ1n) is 6.58. The Bertz CT molecular complexity index is 368. The number of esters is 2. The maximum absolute atomic E-state index is 12.9. The Labute approximate surface area is 125 Å². The van der Waals surface area contributed by atoms with Crippen molar-refractivity contribution in [1.29, 1.82) is 0 Å². The number of carbonyl (C=O) groups is 2. The molecule has 0 spiro atoms. The minimum absolute atomic E-state index is 0.176. The first kappa shape index (κ1) is 17.3. The molecule has 1 aliphatic heterocycles. The molecule has 0 aliphatic carbocycles. The monoisotopic (exact) mass is 356 g/mol. The van der Waals surface area contributed by atoms with Crippen LogP contribution in [0.3, 0.4) is 0 Å². The summed E-state index contributed by atoms with van der Waals surface area (Å²) in [7, 11) is 0. The molecule has 1 heterocycles. The lowest BCUT2D eigenvalue weighted by Gasteiger charge is -2.29. The molecule has 0 radical (unpaired) electrons. The van der Waals surface area contributed by atoms with Crippen molar-refractivity contribution in [3.05, 3.63) is 0 Å². The zero-order valence-corrected chi connectivity index (χ0v) is 13.3. The van der Waals surface area contributed by atoms with Crippen LogP contribution in [0.4, 0.5) is 8.78 Å². The molecule has 0 aromatic carbocycles. The second kappa shape index (κ2) is 6.83. The number of carbonyl (C=O) groups excluding carboxylic acids is 2. The van der Waals surface area contributed by atoms with Gasteiger partial charge in [-0.25, -0.2) is 4.79 Å². The number of cyclic esters (lactones) is 1. The van der Waals surface area contributed by atoms with Crippen molar-refractivity contribution in [2.75, 3.05) is 0 Å². The van der Waals surface area contributed by atoms with Gasteiger partial charge in [-0.2, -0.15) is 8.78 Å². The third kappa shape index (κ3) is 5.00. The molecule has 1 fully saturated rings. The number of alkyl halides is 3. The van der Waals surface area contributed by atoms with Gasteiger partial charge in [-0.15, -0.1) is 0 Å². The zero-order valence-electron chi connectivity index (χ0n) is 11.7. The van der Waals surface area contributed by atoms with Gasteiger partial charge in [0, 0.05) is 22.4 Å². The Hall–Kier alpha value is -0.720. The van der Waals surface area contributed by atoms with Crippen LogP contribution in [0.15, 0.2) is 0 Å². The number of halogens is 3. The second-order valence-electron chi connectivity index (χ2n) is 5.54. The molecule has 0 bridgehead atoms. The van der Waals surface area contributed by atoms with E-state index in [2.05, 4.69) is 0 Å². The lowest BCUT2D eigenvalue weighted by Crippen LogP contribution is -2.40. The number of rotatable bonds is 6. The number of ether oxygens (including phenoxy) is 2. The summed E-state index contributed by atoms with van der Waals surface area (Å²) >= 11 is 1.98. The van der Waals surface area contributed by atoms with Crippen molar-refractivity contribution in [2.24, 2.45) is 11.8 Å². The largest absolute Gasteiger partial charge is 0.458 e. The topological polar surface area (TPSA) is 52.6 Å². The average Bonchev–Trinajstić information content (AvgIpc) is 2.69. The summed E-state index contributed by atoms with van der Waals surface area (Å²) in [6.07, 6.45) is -0.208. The quantitative estimate of drug-likeness (QED) is 0.541. The maximum atomic E-state index is 12.9. The molecule has 1 saturated heterocycles. The van der Waals surface area contributed by atoms with E-state index in [0.29, 0.717) is 18.8 Å². The van der Waals surface area contributed by atoms with Gasteiger partial charge in [-0.3, -0.25) is 4.79 Å². The first-order valence-corrected chi connectivity index (χ1v) is 7.37. The highest BCUT2D eigenvalue weighted by molar-refractivity contribution is 9.10. The van der Waals surface area contributed by atoms with E-state index in [1.165, 1.54) is 0 Å². The standard InChI is InChI=1S/C13H19BrF2O4/c1-7(2)6-8(3)11(9-4-5-10(17)19-9)20-12(18)13(14,15)16/h7-9,11H,4-6H2,1-3H3. The van der Waals surface area contributed by atoms with Gasteiger partial charge in [0.25, 0.3) is 0 Å². The Morgan fingerprint density at radius 2 is 2.10 bits per heavy atom. The summed E-state index contributed by atoms with van der Waals surface area (Å²) in [4.78, 5) is 18.8. The van der Waals surface area contributed by atoms with E-state index in [1.807, 2.05) is 29.8 Å². The SMILES string of the molecule is CC(C)CC(C)C(OC(=O)C(F)(F)Br)C1CCC(=O)O1. The van der Waals surface area contributed by atoms with E-state index in [-0.39, 0.29) is 12.3 Å². The molecular weight excluding hydrogens is 338 g/mol. The molecule has 0 aromatic rings. The van der Waals surface area contributed by atoms with Gasteiger partial charge in [0.15, 0.2) is 0 Å². The summed E-state index contributed by atoms with van der Waals surface area (Å²) in [5.74, 6) is -1.91. The number of hydrogen-bond acceptors (Lipinski definition) is 4. The van der Waals surface area contributed by atoms with Crippen LogP contribution in [-0.4, -0.2) is 29.0 Å². The third-order valence-corrected chi connectivity index (χ3v) is 3.48. The Morgan fingerprint density at radius 1 is 1.50 bits per heavy atom. The van der Waals surface area contributed by atoms with E-state index < -0.39 is 29.0 Å². The van der Waals surface area contributed by atoms with Crippen molar-refractivity contribution in [2.45, 2.75) is 57.1 Å². The minimum atomic E-state index is -3.73. The number of hydrogen-bond donors (Lipinski definition) is 0. The highest BCUT2D eigenvalue weighted by Gasteiger charge is 2.43. The molecular formula is C13H19BrF2O4. The second-order valence-corrected chi connectivity index (χ2v) is 6.54. The van der Waals surface area contributed by atoms with E-state index in [9.17, 15) is 18.4 Å². The summed E-state index contributed by atoms with van der Waals surface area (Å²) in [5, 5.41) is 0. The fourth-order valence-electron chi connectivity index (χ4n) is 2.40. The third-order valence-electron chi connectivity index (χ3n) is 3.16. The maximum Gasteiger partial charge on any atom is 0.396 e. The van der Waals surface area contributed by atoms with Gasteiger partial charge in [-0.1, -0.05) is 20.8 Å². The lowest BCUT2D eigenvalue weighted by molar-refractivity contribution is -0.178. The van der Waals surface area contributed by atoms with Crippen LogP contribution in [0.25, 0.3) is 0 Å². The van der Waals surface area contributed by atoms with Gasteiger partial charge in [0.1, 0.15) is 12.2 Å². The molecule has 0 amide bonds. The molecule has 7 heteroatoms. The minimum Gasteiger partial charge on any atom is -0.458 e. The summed E-state index contributed by atoms with van der Waals surface area (Å²) in [6, 6.07) is 0. The first-order chi connectivity index (χ1) is 9.11. The van der Waals surface area contributed by atoms with Gasteiger partial charge < -0.3 is 9.47 Å².